The number of amides is 3. The summed E-state index contributed by atoms with van der Waals surface area (Å²) >= 11 is 5.20. The third-order valence-electron chi connectivity index (χ3n) is 1.59. The van der Waals surface area contributed by atoms with Crippen molar-refractivity contribution < 1.29 is 13.8 Å². The lowest BCUT2D eigenvalue weighted by Gasteiger charge is -2.12. The van der Waals surface area contributed by atoms with Gasteiger partial charge in [0.05, 0.1) is 0 Å². The Morgan fingerprint density at radius 1 is 1.47 bits per heavy atom. The zero-order chi connectivity index (χ0) is 11.8. The minimum Gasteiger partial charge on any atom is -0.335 e. The number of halogens is 1. The highest BCUT2D eigenvalue weighted by molar-refractivity contribution is 7.84. The number of rotatable bonds is 5. The molecule has 0 heterocycles. The van der Waals surface area contributed by atoms with Gasteiger partial charge in [0.25, 0.3) is 0 Å². The van der Waals surface area contributed by atoms with E-state index in [0.29, 0.717) is 12.2 Å². The molecule has 0 aromatic carbocycles. The number of hydrogen-bond donors (Lipinski definition) is 2. The standard InChI is InChI=1S/C8H15ClN2O3S/c1-6(3-4-15(2)14)10-8(13)11-7(12)5-9/h6H,3-5H2,1-2H3,(H2,10,11,12,13). The maximum atomic E-state index is 11.1. The molecule has 0 rings (SSSR count). The van der Waals surface area contributed by atoms with Crippen LogP contribution in [0.2, 0.25) is 0 Å². The second-order valence-corrected chi connectivity index (χ2v) is 4.94. The van der Waals surface area contributed by atoms with Crippen LogP contribution in [0.5, 0.6) is 0 Å². The molecular formula is C8H15ClN2O3S. The molecule has 88 valence electrons. The van der Waals surface area contributed by atoms with Crippen molar-refractivity contribution in [2.45, 2.75) is 19.4 Å². The van der Waals surface area contributed by atoms with Crippen LogP contribution in [0.3, 0.4) is 0 Å². The summed E-state index contributed by atoms with van der Waals surface area (Å²) in [6, 6.07) is -0.702. The highest BCUT2D eigenvalue weighted by Gasteiger charge is 2.09. The van der Waals surface area contributed by atoms with E-state index in [1.165, 1.54) is 0 Å². The van der Waals surface area contributed by atoms with Crippen LogP contribution in [0.15, 0.2) is 0 Å². The SMILES string of the molecule is CC(CCS(C)=O)NC(=O)NC(=O)CCl. The molecule has 2 atom stereocenters. The highest BCUT2D eigenvalue weighted by atomic mass is 35.5. The molecule has 0 saturated carbocycles. The molecule has 0 spiro atoms. The number of nitrogens with one attached hydrogen (secondary N) is 2. The Kier molecular flexibility index (Phi) is 7.33. The molecule has 5 nitrogen and oxygen atoms in total. The average molecular weight is 255 g/mol. The van der Waals surface area contributed by atoms with E-state index in [1.807, 2.05) is 0 Å². The molecule has 0 aliphatic rings. The Labute approximate surface area is 96.4 Å². The van der Waals surface area contributed by atoms with Gasteiger partial charge >= 0.3 is 6.03 Å². The summed E-state index contributed by atoms with van der Waals surface area (Å²) in [5.74, 6) is -0.272. The van der Waals surface area contributed by atoms with Gasteiger partial charge < -0.3 is 5.32 Å². The topological polar surface area (TPSA) is 75.3 Å². The van der Waals surface area contributed by atoms with Gasteiger partial charge in [-0.1, -0.05) is 0 Å². The average Bonchev–Trinajstić information content (AvgIpc) is 2.14. The van der Waals surface area contributed by atoms with Crippen LogP contribution in [0.1, 0.15) is 13.3 Å². The van der Waals surface area contributed by atoms with Gasteiger partial charge in [0, 0.05) is 28.9 Å². The molecule has 2 unspecified atom stereocenters. The molecule has 0 aliphatic heterocycles. The van der Waals surface area contributed by atoms with Gasteiger partial charge in [0.1, 0.15) is 5.88 Å². The number of hydrogen-bond acceptors (Lipinski definition) is 3. The fourth-order valence-corrected chi connectivity index (χ4v) is 1.59. The van der Waals surface area contributed by atoms with Crippen LogP contribution >= 0.6 is 11.6 Å². The largest absolute Gasteiger partial charge is 0.335 e. The van der Waals surface area contributed by atoms with Crippen LogP contribution < -0.4 is 10.6 Å². The summed E-state index contributed by atoms with van der Waals surface area (Å²) in [4.78, 5) is 21.8. The van der Waals surface area contributed by atoms with E-state index in [1.54, 1.807) is 13.2 Å². The van der Waals surface area contributed by atoms with Gasteiger partial charge in [-0.3, -0.25) is 14.3 Å². The van der Waals surface area contributed by atoms with Crippen molar-refractivity contribution in [3.8, 4) is 0 Å². The number of imide groups is 1. The fourth-order valence-electron chi connectivity index (χ4n) is 0.835. The van der Waals surface area contributed by atoms with Crippen molar-refractivity contribution in [2.75, 3.05) is 17.9 Å². The Morgan fingerprint density at radius 3 is 2.53 bits per heavy atom. The Hall–Kier alpha value is -0.620. The van der Waals surface area contributed by atoms with E-state index in [4.69, 9.17) is 11.6 Å². The Bertz CT molecular complexity index is 260. The monoisotopic (exact) mass is 254 g/mol. The van der Waals surface area contributed by atoms with Gasteiger partial charge in [-0.25, -0.2) is 4.79 Å². The highest BCUT2D eigenvalue weighted by Crippen LogP contribution is 1.92. The molecule has 3 amide bonds. The van der Waals surface area contributed by atoms with E-state index in [0.717, 1.165) is 0 Å². The molecule has 0 aromatic heterocycles. The number of urea groups is 1. The molecule has 0 aromatic rings. The molecule has 15 heavy (non-hydrogen) atoms. The van der Waals surface area contributed by atoms with E-state index in [9.17, 15) is 13.8 Å². The third kappa shape index (κ3) is 8.38. The third-order valence-corrected chi connectivity index (χ3v) is 2.64. The van der Waals surface area contributed by atoms with Gasteiger partial charge in [0.2, 0.25) is 5.91 Å². The van der Waals surface area contributed by atoms with Gasteiger partial charge in [-0.15, -0.1) is 11.6 Å². The second kappa shape index (κ2) is 7.64. The van der Waals surface area contributed by atoms with Crippen molar-refractivity contribution in [3.63, 3.8) is 0 Å². The van der Waals surface area contributed by atoms with E-state index in [2.05, 4.69) is 10.6 Å². The first-order valence-electron chi connectivity index (χ1n) is 4.42. The minimum atomic E-state index is -0.873. The lowest BCUT2D eigenvalue weighted by atomic mass is 10.3. The smallest absolute Gasteiger partial charge is 0.321 e. The van der Waals surface area contributed by atoms with E-state index >= 15 is 0 Å². The molecular weight excluding hydrogens is 240 g/mol. The zero-order valence-electron chi connectivity index (χ0n) is 8.71. The van der Waals surface area contributed by atoms with Crippen molar-refractivity contribution in [1.29, 1.82) is 0 Å². The predicted molar refractivity (Wildman–Crippen MR) is 60.4 cm³/mol. The predicted octanol–water partition coefficient (Wildman–Crippen LogP) is 0.208. The summed E-state index contributed by atoms with van der Waals surface area (Å²) in [7, 11) is -0.873. The Morgan fingerprint density at radius 2 is 2.07 bits per heavy atom. The van der Waals surface area contributed by atoms with Crippen LogP contribution in [-0.2, 0) is 15.6 Å². The first kappa shape index (κ1) is 14.4. The quantitative estimate of drug-likeness (QED) is 0.689. The molecule has 2 N–H and O–H groups in total. The second-order valence-electron chi connectivity index (χ2n) is 3.12. The van der Waals surface area contributed by atoms with E-state index in [-0.39, 0.29) is 11.9 Å². The lowest BCUT2D eigenvalue weighted by molar-refractivity contribution is -0.117. The maximum Gasteiger partial charge on any atom is 0.321 e. The van der Waals surface area contributed by atoms with Crippen LogP contribution in [0.4, 0.5) is 4.79 Å². The normalized spacial score (nSPS) is 14.1. The van der Waals surface area contributed by atoms with Crippen LogP contribution in [0, 0.1) is 0 Å². The molecule has 7 heteroatoms. The summed E-state index contributed by atoms with van der Waals surface area (Å²) in [6.45, 7) is 1.78. The van der Waals surface area contributed by atoms with Gasteiger partial charge in [-0.05, 0) is 13.3 Å². The molecule has 0 bridgehead atoms. The zero-order valence-corrected chi connectivity index (χ0v) is 10.3. The first-order chi connectivity index (χ1) is 6.95. The molecule has 0 saturated heterocycles. The Balaban J connectivity index is 3.76. The fraction of sp³-hybridized carbons (Fsp3) is 0.750. The van der Waals surface area contributed by atoms with E-state index < -0.39 is 22.7 Å². The summed E-state index contributed by atoms with van der Waals surface area (Å²) < 4.78 is 10.8. The van der Waals surface area contributed by atoms with Gasteiger partial charge in [-0.2, -0.15) is 0 Å². The van der Waals surface area contributed by atoms with Crippen LogP contribution in [0.25, 0.3) is 0 Å². The first-order valence-corrected chi connectivity index (χ1v) is 6.68. The molecule has 0 radical (unpaired) electrons. The van der Waals surface area contributed by atoms with Gasteiger partial charge in [0.15, 0.2) is 0 Å². The van der Waals surface area contributed by atoms with Crippen molar-refractivity contribution >= 4 is 34.3 Å². The maximum absolute atomic E-state index is 11.1. The molecule has 0 fully saturated rings. The van der Waals surface area contributed by atoms with Crippen molar-refractivity contribution in [2.24, 2.45) is 0 Å². The van der Waals surface area contributed by atoms with Crippen molar-refractivity contribution in [1.82, 2.24) is 10.6 Å². The minimum absolute atomic E-state index is 0.128. The van der Waals surface area contributed by atoms with Crippen LogP contribution in [-0.4, -0.2) is 40.1 Å². The van der Waals surface area contributed by atoms with Crippen molar-refractivity contribution in [3.05, 3.63) is 0 Å². The summed E-state index contributed by atoms with van der Waals surface area (Å²) in [6.07, 6.45) is 2.20. The lowest BCUT2D eigenvalue weighted by Crippen LogP contribution is -2.44. The number of alkyl halides is 1. The number of carbonyl (C=O) groups excluding carboxylic acids is 2. The molecule has 0 aliphatic carbocycles. The summed E-state index contributed by atoms with van der Waals surface area (Å²) in [5.41, 5.74) is 0. The summed E-state index contributed by atoms with van der Waals surface area (Å²) in [5, 5.41) is 4.59. The number of carbonyl (C=O) groups is 2.